The predicted molar refractivity (Wildman–Crippen MR) is 91.1 cm³/mol. The molecule has 4 heteroatoms. The van der Waals surface area contributed by atoms with Crippen LogP contribution in [-0.4, -0.2) is 19.0 Å². The van der Waals surface area contributed by atoms with Crippen molar-refractivity contribution in [2.75, 3.05) is 7.11 Å². The molecule has 0 radical (unpaired) electrons. The largest absolute Gasteiger partial charge is 0.469 e. The summed E-state index contributed by atoms with van der Waals surface area (Å²) in [6, 6.07) is 17.9. The van der Waals surface area contributed by atoms with Crippen LogP contribution in [0.3, 0.4) is 0 Å². The van der Waals surface area contributed by atoms with Gasteiger partial charge in [-0.15, -0.1) is 0 Å². The van der Waals surface area contributed by atoms with Crippen molar-refractivity contribution in [2.45, 2.75) is 26.3 Å². The van der Waals surface area contributed by atoms with Crippen LogP contribution in [0.15, 0.2) is 60.7 Å². The first-order chi connectivity index (χ1) is 11.2. The molecule has 2 aromatic rings. The van der Waals surface area contributed by atoms with Crippen molar-refractivity contribution < 1.29 is 14.3 Å². The number of nitrogens with one attached hydrogen (secondary N) is 1. The van der Waals surface area contributed by atoms with Crippen LogP contribution in [0.5, 0.6) is 0 Å². The molecule has 1 atom stereocenters. The monoisotopic (exact) mass is 313 g/mol. The number of ether oxygens (including phenoxy) is 1. The molecule has 0 heterocycles. The molecular weight excluding hydrogens is 290 g/mol. The maximum atomic E-state index is 12.2. The molecule has 23 heavy (non-hydrogen) atoms. The van der Waals surface area contributed by atoms with Crippen LogP contribution in [0.1, 0.15) is 42.2 Å². The summed E-state index contributed by atoms with van der Waals surface area (Å²) in [5.41, 5.74) is 1.43. The first kappa shape index (κ1) is 18.4. The minimum atomic E-state index is -0.411. The van der Waals surface area contributed by atoms with E-state index in [4.69, 9.17) is 4.74 Å². The lowest BCUT2D eigenvalue weighted by Gasteiger charge is -2.18. The van der Waals surface area contributed by atoms with E-state index < -0.39 is 6.04 Å². The number of amides is 1. The molecule has 0 spiro atoms. The maximum absolute atomic E-state index is 12.2. The van der Waals surface area contributed by atoms with Gasteiger partial charge in [-0.05, 0) is 17.7 Å². The van der Waals surface area contributed by atoms with Gasteiger partial charge in [0.15, 0.2) is 0 Å². The molecule has 0 aliphatic heterocycles. The van der Waals surface area contributed by atoms with Crippen molar-refractivity contribution in [3.05, 3.63) is 71.8 Å². The smallest absolute Gasteiger partial charge is 0.307 e. The molecule has 0 aliphatic rings. The molecule has 122 valence electrons. The van der Waals surface area contributed by atoms with Gasteiger partial charge < -0.3 is 10.1 Å². The summed E-state index contributed by atoms with van der Waals surface area (Å²) >= 11 is 0. The van der Waals surface area contributed by atoms with E-state index in [-0.39, 0.29) is 18.3 Å². The zero-order valence-corrected chi connectivity index (χ0v) is 13.8. The highest BCUT2D eigenvalue weighted by Crippen LogP contribution is 2.18. The lowest BCUT2D eigenvalue weighted by molar-refractivity contribution is -0.141. The van der Waals surface area contributed by atoms with Gasteiger partial charge in [-0.1, -0.05) is 62.4 Å². The molecule has 0 aromatic heterocycles. The fourth-order valence-corrected chi connectivity index (χ4v) is 2.02. The van der Waals surface area contributed by atoms with Crippen LogP contribution >= 0.6 is 0 Å². The minimum Gasteiger partial charge on any atom is -0.469 e. The van der Waals surface area contributed by atoms with Gasteiger partial charge in [-0.25, -0.2) is 0 Å². The van der Waals surface area contributed by atoms with Crippen LogP contribution in [0.4, 0.5) is 0 Å². The number of esters is 1. The fourth-order valence-electron chi connectivity index (χ4n) is 2.02. The van der Waals surface area contributed by atoms with E-state index in [2.05, 4.69) is 5.32 Å². The van der Waals surface area contributed by atoms with Crippen LogP contribution in [0.2, 0.25) is 0 Å². The average Bonchev–Trinajstić information content (AvgIpc) is 2.64. The number of benzene rings is 2. The summed E-state index contributed by atoms with van der Waals surface area (Å²) in [4.78, 5) is 23.8. The molecule has 1 amide bonds. The third kappa shape index (κ3) is 5.94. The molecular formula is C19H23NO3. The van der Waals surface area contributed by atoms with E-state index in [0.29, 0.717) is 5.56 Å². The Kier molecular flexibility index (Phi) is 8.14. The molecule has 0 bridgehead atoms. The first-order valence-electron chi connectivity index (χ1n) is 7.68. The standard InChI is InChI=1S/C17H17NO3.C2H6/c1-21-16(19)12-15(13-8-4-2-5-9-13)18-17(20)14-10-6-3-7-11-14;1-2/h2-11,15H,12H2,1H3,(H,18,20);1-2H3. The third-order valence-electron chi connectivity index (χ3n) is 3.14. The van der Waals surface area contributed by atoms with Gasteiger partial charge in [0.05, 0.1) is 19.6 Å². The van der Waals surface area contributed by atoms with E-state index in [1.54, 1.807) is 24.3 Å². The Morgan fingerprint density at radius 2 is 1.48 bits per heavy atom. The summed E-state index contributed by atoms with van der Waals surface area (Å²) in [7, 11) is 1.34. The highest BCUT2D eigenvalue weighted by atomic mass is 16.5. The van der Waals surface area contributed by atoms with E-state index in [0.717, 1.165) is 5.56 Å². The average molecular weight is 313 g/mol. The third-order valence-corrected chi connectivity index (χ3v) is 3.14. The normalized spacial score (nSPS) is 10.7. The number of carbonyl (C=O) groups is 2. The molecule has 0 aliphatic carbocycles. The summed E-state index contributed by atoms with van der Waals surface area (Å²) in [5, 5.41) is 2.88. The van der Waals surface area contributed by atoms with Crippen molar-refractivity contribution >= 4 is 11.9 Å². The summed E-state index contributed by atoms with van der Waals surface area (Å²) < 4.78 is 4.70. The van der Waals surface area contributed by atoms with Crippen LogP contribution in [0.25, 0.3) is 0 Å². The van der Waals surface area contributed by atoms with Gasteiger partial charge in [-0.2, -0.15) is 0 Å². The summed E-state index contributed by atoms with van der Waals surface area (Å²) in [5.74, 6) is -0.578. The zero-order chi connectivity index (χ0) is 17.1. The topological polar surface area (TPSA) is 55.4 Å². The molecule has 1 N–H and O–H groups in total. The second kappa shape index (κ2) is 10.2. The molecule has 0 fully saturated rings. The molecule has 2 rings (SSSR count). The molecule has 0 saturated carbocycles. The van der Waals surface area contributed by atoms with Crippen LogP contribution in [0, 0.1) is 0 Å². The highest BCUT2D eigenvalue weighted by molar-refractivity contribution is 5.94. The number of methoxy groups -OCH3 is 1. The molecule has 0 saturated heterocycles. The van der Waals surface area contributed by atoms with Crippen molar-refractivity contribution in [2.24, 2.45) is 0 Å². The Morgan fingerprint density at radius 1 is 0.957 bits per heavy atom. The lowest BCUT2D eigenvalue weighted by Crippen LogP contribution is -2.30. The second-order valence-corrected chi connectivity index (χ2v) is 4.58. The van der Waals surface area contributed by atoms with E-state index >= 15 is 0 Å². The van der Waals surface area contributed by atoms with E-state index in [9.17, 15) is 9.59 Å². The quantitative estimate of drug-likeness (QED) is 0.855. The maximum Gasteiger partial charge on any atom is 0.307 e. The van der Waals surface area contributed by atoms with Gasteiger partial charge in [-0.3, -0.25) is 9.59 Å². The van der Waals surface area contributed by atoms with Gasteiger partial charge in [0, 0.05) is 5.56 Å². The number of hydrogen-bond donors (Lipinski definition) is 1. The van der Waals surface area contributed by atoms with Gasteiger partial charge in [0.1, 0.15) is 0 Å². The summed E-state index contributed by atoms with van der Waals surface area (Å²) in [6.45, 7) is 4.00. The van der Waals surface area contributed by atoms with Gasteiger partial charge in [0.2, 0.25) is 0 Å². The second-order valence-electron chi connectivity index (χ2n) is 4.58. The highest BCUT2D eigenvalue weighted by Gasteiger charge is 2.19. The number of rotatable bonds is 5. The van der Waals surface area contributed by atoms with Crippen LogP contribution in [-0.2, 0) is 9.53 Å². The van der Waals surface area contributed by atoms with E-state index in [1.807, 2.05) is 50.2 Å². The number of hydrogen-bond acceptors (Lipinski definition) is 3. The molecule has 1 unspecified atom stereocenters. The summed E-state index contributed by atoms with van der Waals surface area (Å²) in [6.07, 6.45) is 0.0963. The first-order valence-corrected chi connectivity index (χ1v) is 7.68. The predicted octanol–water partition coefficient (Wildman–Crippen LogP) is 3.75. The minimum absolute atomic E-state index is 0.0963. The fraction of sp³-hybridized carbons (Fsp3) is 0.263. The van der Waals surface area contributed by atoms with Crippen molar-refractivity contribution in [1.29, 1.82) is 0 Å². The zero-order valence-electron chi connectivity index (χ0n) is 13.8. The van der Waals surface area contributed by atoms with Crippen molar-refractivity contribution in [3.8, 4) is 0 Å². The lowest BCUT2D eigenvalue weighted by atomic mass is 10.0. The Bertz CT molecular complexity index is 597. The Balaban J connectivity index is 0.00000127. The Morgan fingerprint density at radius 3 is 2.00 bits per heavy atom. The Labute approximate surface area is 137 Å². The van der Waals surface area contributed by atoms with Gasteiger partial charge in [0.25, 0.3) is 5.91 Å². The molecule has 4 nitrogen and oxygen atoms in total. The van der Waals surface area contributed by atoms with Crippen LogP contribution < -0.4 is 5.32 Å². The Hall–Kier alpha value is -2.62. The number of carbonyl (C=O) groups excluding carboxylic acids is 2. The SMILES string of the molecule is CC.COC(=O)CC(NC(=O)c1ccccc1)c1ccccc1. The van der Waals surface area contributed by atoms with E-state index in [1.165, 1.54) is 7.11 Å². The molecule has 2 aromatic carbocycles. The van der Waals surface area contributed by atoms with Gasteiger partial charge >= 0.3 is 5.97 Å². The van der Waals surface area contributed by atoms with Crippen molar-refractivity contribution in [3.63, 3.8) is 0 Å². The van der Waals surface area contributed by atoms with Crippen molar-refractivity contribution in [1.82, 2.24) is 5.32 Å².